The second-order valence-electron chi connectivity index (χ2n) is 3.62. The average Bonchev–Trinajstić information content (AvgIpc) is 2.38. The molecule has 0 atom stereocenters. The predicted octanol–water partition coefficient (Wildman–Crippen LogP) is 1.10. The molecule has 1 rings (SSSR count). The lowest BCUT2D eigenvalue weighted by molar-refractivity contribution is -0.119. The number of aromatic nitrogens is 2. The van der Waals surface area contributed by atoms with E-state index < -0.39 is 0 Å². The van der Waals surface area contributed by atoms with Crippen molar-refractivity contribution < 1.29 is 9.53 Å². The van der Waals surface area contributed by atoms with E-state index in [0.717, 1.165) is 6.42 Å². The number of methoxy groups -OCH3 is 1. The summed E-state index contributed by atoms with van der Waals surface area (Å²) in [5.74, 6) is 0.408. The monoisotopic (exact) mass is 272 g/mol. The second-order valence-corrected chi connectivity index (χ2v) is 4.03. The lowest BCUT2D eigenvalue weighted by Crippen LogP contribution is -2.36. The molecule has 1 amide bonds. The molecule has 1 heterocycles. The summed E-state index contributed by atoms with van der Waals surface area (Å²) in [6, 6.07) is 0.229. The molecule has 0 saturated carbocycles. The molecule has 1 aromatic rings. The molecule has 0 aromatic carbocycles. The molecule has 0 spiro atoms. The first-order valence-electron chi connectivity index (χ1n) is 5.64. The van der Waals surface area contributed by atoms with Crippen molar-refractivity contribution >= 4 is 23.3 Å². The Morgan fingerprint density at radius 3 is 2.89 bits per heavy atom. The van der Waals surface area contributed by atoms with Crippen LogP contribution in [0.2, 0.25) is 5.02 Å². The average molecular weight is 273 g/mol. The Balaban J connectivity index is 2.99. The van der Waals surface area contributed by atoms with Crippen molar-refractivity contribution in [3.05, 3.63) is 11.2 Å². The minimum atomic E-state index is -0.0999. The fraction of sp³-hybridized carbons (Fsp3) is 0.545. The molecule has 1 N–H and O–H groups in total. The zero-order chi connectivity index (χ0) is 13.5. The topological polar surface area (TPSA) is 67.4 Å². The van der Waals surface area contributed by atoms with E-state index in [9.17, 15) is 4.79 Å². The van der Waals surface area contributed by atoms with Crippen molar-refractivity contribution in [2.45, 2.75) is 13.3 Å². The third-order valence-electron chi connectivity index (χ3n) is 2.29. The molecular weight excluding hydrogens is 256 g/mol. The van der Waals surface area contributed by atoms with Gasteiger partial charge < -0.3 is 15.0 Å². The fourth-order valence-electron chi connectivity index (χ4n) is 1.44. The molecule has 100 valence electrons. The largest absolute Gasteiger partial charge is 0.467 e. The van der Waals surface area contributed by atoms with E-state index in [1.165, 1.54) is 13.3 Å². The van der Waals surface area contributed by atoms with Gasteiger partial charge in [0.1, 0.15) is 5.02 Å². The Morgan fingerprint density at radius 1 is 1.61 bits per heavy atom. The minimum Gasteiger partial charge on any atom is -0.467 e. The van der Waals surface area contributed by atoms with Gasteiger partial charge in [0.05, 0.1) is 19.9 Å². The number of hydrogen-bond donors (Lipinski definition) is 1. The first-order chi connectivity index (χ1) is 8.62. The highest BCUT2D eigenvalue weighted by atomic mass is 35.5. The first-order valence-corrected chi connectivity index (χ1v) is 6.02. The van der Waals surface area contributed by atoms with Gasteiger partial charge in [0.2, 0.25) is 5.91 Å². The molecule has 0 saturated heterocycles. The maximum atomic E-state index is 11.5. The molecule has 0 bridgehead atoms. The standard InChI is InChI=1S/C11H17ClN4O2/c1-4-5-16(7-9(17)13-2)10-8(12)6-14-11(15-10)18-3/h6H,4-5,7H2,1-3H3,(H,13,17). The van der Waals surface area contributed by atoms with Gasteiger partial charge in [-0.15, -0.1) is 0 Å². The number of anilines is 1. The van der Waals surface area contributed by atoms with Gasteiger partial charge in [0.25, 0.3) is 0 Å². The Kier molecular flexibility index (Phi) is 5.64. The van der Waals surface area contributed by atoms with Crippen LogP contribution < -0.4 is 15.0 Å². The van der Waals surface area contributed by atoms with Crippen LogP contribution in [-0.4, -0.2) is 43.1 Å². The number of amides is 1. The summed E-state index contributed by atoms with van der Waals surface area (Å²) in [7, 11) is 3.07. The summed E-state index contributed by atoms with van der Waals surface area (Å²) >= 11 is 6.06. The normalized spacial score (nSPS) is 10.0. The van der Waals surface area contributed by atoms with Crippen LogP contribution in [0.15, 0.2) is 6.20 Å². The number of rotatable bonds is 6. The number of ether oxygens (including phenoxy) is 1. The van der Waals surface area contributed by atoms with Gasteiger partial charge in [-0.2, -0.15) is 4.98 Å². The highest BCUT2D eigenvalue weighted by molar-refractivity contribution is 6.32. The molecule has 1 aromatic heterocycles. The second kappa shape index (κ2) is 7.00. The van der Waals surface area contributed by atoms with Gasteiger partial charge in [0.15, 0.2) is 5.82 Å². The molecular formula is C11H17ClN4O2. The van der Waals surface area contributed by atoms with Gasteiger partial charge in [-0.1, -0.05) is 18.5 Å². The van der Waals surface area contributed by atoms with Crippen LogP contribution in [0.1, 0.15) is 13.3 Å². The first kappa shape index (κ1) is 14.5. The molecule has 0 radical (unpaired) electrons. The van der Waals surface area contributed by atoms with E-state index in [4.69, 9.17) is 16.3 Å². The van der Waals surface area contributed by atoms with Crippen molar-refractivity contribution in [2.24, 2.45) is 0 Å². The van der Waals surface area contributed by atoms with Crippen molar-refractivity contribution in [3.63, 3.8) is 0 Å². The van der Waals surface area contributed by atoms with Gasteiger partial charge in [0, 0.05) is 13.6 Å². The Labute approximate surface area is 111 Å². The highest BCUT2D eigenvalue weighted by Gasteiger charge is 2.16. The van der Waals surface area contributed by atoms with E-state index in [2.05, 4.69) is 15.3 Å². The number of carbonyl (C=O) groups is 1. The highest BCUT2D eigenvalue weighted by Crippen LogP contribution is 2.24. The Hall–Kier alpha value is -1.56. The molecule has 0 fully saturated rings. The minimum absolute atomic E-state index is 0.0999. The van der Waals surface area contributed by atoms with Crippen LogP contribution in [0.25, 0.3) is 0 Å². The molecule has 6 nitrogen and oxygen atoms in total. The number of nitrogens with one attached hydrogen (secondary N) is 1. The number of nitrogens with zero attached hydrogens (tertiary/aromatic N) is 3. The predicted molar refractivity (Wildman–Crippen MR) is 70.2 cm³/mol. The maximum Gasteiger partial charge on any atom is 0.318 e. The SMILES string of the molecule is CCCN(CC(=O)NC)c1nc(OC)ncc1Cl. The lowest BCUT2D eigenvalue weighted by Gasteiger charge is -2.23. The van der Waals surface area contributed by atoms with E-state index in [1.807, 2.05) is 6.92 Å². The molecule has 0 unspecified atom stereocenters. The van der Waals surface area contributed by atoms with Crippen molar-refractivity contribution in [3.8, 4) is 6.01 Å². The van der Waals surface area contributed by atoms with Crippen LogP contribution in [0.4, 0.5) is 5.82 Å². The summed E-state index contributed by atoms with van der Waals surface area (Å²) in [5.41, 5.74) is 0. The molecule has 0 aliphatic carbocycles. The summed E-state index contributed by atoms with van der Waals surface area (Å²) in [6.45, 7) is 2.89. The number of carbonyl (C=O) groups excluding carboxylic acids is 1. The summed E-state index contributed by atoms with van der Waals surface area (Å²) < 4.78 is 4.96. The zero-order valence-corrected chi connectivity index (χ0v) is 11.5. The van der Waals surface area contributed by atoms with Crippen molar-refractivity contribution in [1.82, 2.24) is 15.3 Å². The third kappa shape index (κ3) is 3.73. The van der Waals surface area contributed by atoms with Crippen LogP contribution >= 0.6 is 11.6 Å². The molecule has 0 aliphatic rings. The van der Waals surface area contributed by atoms with E-state index in [-0.39, 0.29) is 18.5 Å². The van der Waals surface area contributed by atoms with Crippen molar-refractivity contribution in [1.29, 1.82) is 0 Å². The van der Waals surface area contributed by atoms with Gasteiger partial charge >= 0.3 is 6.01 Å². The summed E-state index contributed by atoms with van der Waals surface area (Å²) in [4.78, 5) is 21.3. The number of hydrogen-bond acceptors (Lipinski definition) is 5. The van der Waals surface area contributed by atoms with Gasteiger partial charge in [-0.3, -0.25) is 4.79 Å². The van der Waals surface area contributed by atoms with Crippen LogP contribution in [0.5, 0.6) is 6.01 Å². The summed E-state index contributed by atoms with van der Waals surface area (Å²) in [5, 5.41) is 2.97. The van der Waals surface area contributed by atoms with Crippen molar-refractivity contribution in [2.75, 3.05) is 32.1 Å². The molecule has 0 aliphatic heterocycles. The van der Waals surface area contributed by atoms with E-state index in [1.54, 1.807) is 11.9 Å². The quantitative estimate of drug-likeness (QED) is 0.840. The van der Waals surface area contributed by atoms with Crippen LogP contribution in [-0.2, 0) is 4.79 Å². The third-order valence-corrected chi connectivity index (χ3v) is 2.56. The van der Waals surface area contributed by atoms with Crippen LogP contribution in [0.3, 0.4) is 0 Å². The fourth-order valence-corrected chi connectivity index (χ4v) is 1.66. The van der Waals surface area contributed by atoms with Gasteiger partial charge in [-0.05, 0) is 6.42 Å². The Bertz CT molecular complexity index is 414. The van der Waals surface area contributed by atoms with E-state index in [0.29, 0.717) is 17.4 Å². The van der Waals surface area contributed by atoms with Crippen LogP contribution in [0, 0.1) is 0 Å². The molecule has 7 heteroatoms. The lowest BCUT2D eigenvalue weighted by atomic mass is 10.3. The molecule has 18 heavy (non-hydrogen) atoms. The zero-order valence-electron chi connectivity index (χ0n) is 10.7. The summed E-state index contributed by atoms with van der Waals surface area (Å²) in [6.07, 6.45) is 2.34. The maximum absolute atomic E-state index is 11.5. The smallest absolute Gasteiger partial charge is 0.318 e. The Morgan fingerprint density at radius 2 is 2.33 bits per heavy atom. The number of halogens is 1. The number of likely N-dealkylation sites (N-methyl/N-ethyl adjacent to an activating group) is 1. The van der Waals surface area contributed by atoms with Gasteiger partial charge in [-0.25, -0.2) is 4.98 Å². The van der Waals surface area contributed by atoms with E-state index >= 15 is 0 Å².